The van der Waals surface area contributed by atoms with Gasteiger partial charge >= 0.3 is 0 Å². The van der Waals surface area contributed by atoms with Crippen molar-refractivity contribution in [3.63, 3.8) is 0 Å². The third-order valence-corrected chi connectivity index (χ3v) is 5.69. The van der Waals surface area contributed by atoms with Gasteiger partial charge in [0.05, 0.1) is 7.11 Å². The van der Waals surface area contributed by atoms with Crippen molar-refractivity contribution in [1.82, 2.24) is 5.32 Å². The Labute approximate surface area is 190 Å². The number of carbonyl (C=O) groups is 1. The SMILES string of the molecule is C#CCOc1ccc([C@@H]2CCCC[C@H]2NC(=O)C(OCC#C)c2ccccc2)cc1OC. The van der Waals surface area contributed by atoms with Crippen molar-refractivity contribution in [1.29, 1.82) is 0 Å². The third-order valence-electron chi connectivity index (χ3n) is 5.69. The number of carbonyl (C=O) groups excluding carboxylic acids is 1. The minimum atomic E-state index is -0.746. The summed E-state index contributed by atoms with van der Waals surface area (Å²) in [5.74, 6) is 6.14. The summed E-state index contributed by atoms with van der Waals surface area (Å²) >= 11 is 0. The van der Waals surface area contributed by atoms with Crippen LogP contribution in [0.15, 0.2) is 48.5 Å². The summed E-state index contributed by atoms with van der Waals surface area (Å²) in [6.07, 6.45) is 13.9. The van der Waals surface area contributed by atoms with Crippen molar-refractivity contribution >= 4 is 5.91 Å². The molecule has 32 heavy (non-hydrogen) atoms. The molecule has 0 radical (unpaired) electrons. The number of hydrogen-bond acceptors (Lipinski definition) is 4. The highest BCUT2D eigenvalue weighted by Gasteiger charge is 2.31. The molecule has 1 N–H and O–H groups in total. The fourth-order valence-electron chi connectivity index (χ4n) is 4.20. The minimum Gasteiger partial charge on any atom is -0.493 e. The maximum Gasteiger partial charge on any atom is 0.254 e. The Bertz CT molecular complexity index is 973. The highest BCUT2D eigenvalue weighted by molar-refractivity contribution is 5.82. The largest absolute Gasteiger partial charge is 0.493 e. The standard InChI is InChI=1S/C27H29NO4/c1-4-17-31-24-16-15-21(19-25(24)30-3)22-13-9-10-14-23(22)28-27(29)26(32-18-5-2)20-11-7-6-8-12-20/h1-2,6-8,11-12,15-16,19,22-23,26H,9-10,13-14,17-18H2,3H3,(H,28,29)/t22-,23+,26?/m0/s1. The Hall–Kier alpha value is -3.41. The second-order valence-electron chi connectivity index (χ2n) is 7.71. The lowest BCUT2D eigenvalue weighted by Gasteiger charge is -2.34. The van der Waals surface area contributed by atoms with Crippen molar-refractivity contribution in [3.05, 3.63) is 59.7 Å². The van der Waals surface area contributed by atoms with Crippen LogP contribution in [-0.4, -0.2) is 32.3 Å². The Balaban J connectivity index is 1.79. The van der Waals surface area contributed by atoms with Crippen LogP contribution in [0.2, 0.25) is 0 Å². The summed E-state index contributed by atoms with van der Waals surface area (Å²) in [6.45, 7) is 0.244. The highest BCUT2D eigenvalue weighted by Crippen LogP contribution is 2.38. The van der Waals surface area contributed by atoms with Crippen molar-refractivity contribution < 1.29 is 19.0 Å². The smallest absolute Gasteiger partial charge is 0.254 e. The summed E-state index contributed by atoms with van der Waals surface area (Å²) < 4.78 is 16.8. The summed E-state index contributed by atoms with van der Waals surface area (Å²) in [6, 6.07) is 15.3. The van der Waals surface area contributed by atoms with E-state index in [2.05, 4.69) is 17.2 Å². The quantitative estimate of drug-likeness (QED) is 0.604. The summed E-state index contributed by atoms with van der Waals surface area (Å²) in [4.78, 5) is 13.2. The Morgan fingerprint density at radius 2 is 1.81 bits per heavy atom. The number of methoxy groups -OCH3 is 1. The molecule has 1 amide bonds. The first-order valence-corrected chi connectivity index (χ1v) is 10.8. The number of rotatable bonds is 9. The molecule has 5 heteroatoms. The van der Waals surface area contributed by atoms with E-state index in [4.69, 9.17) is 27.1 Å². The second-order valence-corrected chi connectivity index (χ2v) is 7.71. The zero-order chi connectivity index (χ0) is 22.8. The Kier molecular flexibility index (Phi) is 8.61. The summed E-state index contributed by atoms with van der Waals surface area (Å²) in [5, 5.41) is 3.23. The Morgan fingerprint density at radius 3 is 2.53 bits per heavy atom. The van der Waals surface area contributed by atoms with Gasteiger partial charge in [-0.1, -0.05) is 61.1 Å². The minimum absolute atomic E-state index is 0.0147. The molecule has 1 aliphatic rings. The van der Waals surface area contributed by atoms with E-state index >= 15 is 0 Å². The van der Waals surface area contributed by atoms with E-state index in [0.29, 0.717) is 11.5 Å². The lowest BCUT2D eigenvalue weighted by Crippen LogP contribution is -2.43. The van der Waals surface area contributed by atoms with Crippen LogP contribution >= 0.6 is 0 Å². The number of nitrogens with one attached hydrogen (secondary N) is 1. The first-order chi connectivity index (χ1) is 15.7. The van der Waals surface area contributed by atoms with Gasteiger partial charge in [0.2, 0.25) is 0 Å². The highest BCUT2D eigenvalue weighted by atomic mass is 16.5. The van der Waals surface area contributed by atoms with Gasteiger partial charge in [-0.25, -0.2) is 0 Å². The topological polar surface area (TPSA) is 56.8 Å². The summed E-state index contributed by atoms with van der Waals surface area (Å²) in [7, 11) is 1.61. The first kappa shape index (κ1) is 23.3. The van der Waals surface area contributed by atoms with E-state index in [0.717, 1.165) is 36.8 Å². The van der Waals surface area contributed by atoms with Gasteiger partial charge in [0, 0.05) is 12.0 Å². The van der Waals surface area contributed by atoms with Gasteiger partial charge in [-0.15, -0.1) is 12.8 Å². The van der Waals surface area contributed by atoms with Crippen LogP contribution < -0.4 is 14.8 Å². The van der Waals surface area contributed by atoms with Crippen molar-refractivity contribution in [2.75, 3.05) is 20.3 Å². The molecule has 0 saturated heterocycles. The number of benzene rings is 2. The molecule has 0 heterocycles. The van der Waals surface area contributed by atoms with Gasteiger partial charge in [-0.3, -0.25) is 4.79 Å². The maximum atomic E-state index is 13.2. The van der Waals surface area contributed by atoms with E-state index in [1.807, 2.05) is 48.5 Å². The molecule has 1 aliphatic carbocycles. The number of ether oxygens (including phenoxy) is 3. The van der Waals surface area contributed by atoms with Crippen LogP contribution in [0.4, 0.5) is 0 Å². The third kappa shape index (κ3) is 5.84. The van der Waals surface area contributed by atoms with Crippen molar-refractivity contribution in [2.45, 2.75) is 43.7 Å². The Morgan fingerprint density at radius 1 is 1.06 bits per heavy atom. The van der Waals surface area contributed by atoms with Crippen LogP contribution in [0.3, 0.4) is 0 Å². The fraction of sp³-hybridized carbons (Fsp3) is 0.370. The van der Waals surface area contributed by atoms with Crippen LogP contribution in [0.5, 0.6) is 11.5 Å². The molecule has 0 spiro atoms. The van der Waals surface area contributed by atoms with Gasteiger partial charge in [0.15, 0.2) is 17.6 Å². The number of terminal acetylenes is 2. The number of amides is 1. The first-order valence-electron chi connectivity index (χ1n) is 10.8. The van der Waals surface area contributed by atoms with Crippen LogP contribution in [0, 0.1) is 24.7 Å². The molecule has 166 valence electrons. The van der Waals surface area contributed by atoms with E-state index in [9.17, 15) is 4.79 Å². The molecule has 1 saturated carbocycles. The second kappa shape index (κ2) is 11.8. The van der Waals surface area contributed by atoms with Gasteiger partial charge < -0.3 is 19.5 Å². The number of hydrogen-bond donors (Lipinski definition) is 1. The zero-order valence-electron chi connectivity index (χ0n) is 18.4. The normalized spacial score (nSPS) is 18.6. The molecular weight excluding hydrogens is 402 g/mol. The predicted molar refractivity (Wildman–Crippen MR) is 124 cm³/mol. The summed E-state index contributed by atoms with van der Waals surface area (Å²) in [5.41, 5.74) is 1.88. The van der Waals surface area contributed by atoms with E-state index in [1.54, 1.807) is 7.11 Å². The van der Waals surface area contributed by atoms with Gasteiger partial charge in [0.1, 0.15) is 13.2 Å². The van der Waals surface area contributed by atoms with Crippen LogP contribution in [0.25, 0.3) is 0 Å². The van der Waals surface area contributed by atoms with Crippen molar-refractivity contribution in [3.8, 4) is 36.2 Å². The van der Waals surface area contributed by atoms with Crippen LogP contribution in [-0.2, 0) is 9.53 Å². The van der Waals surface area contributed by atoms with E-state index < -0.39 is 6.10 Å². The molecule has 0 aliphatic heterocycles. The average Bonchev–Trinajstić information content (AvgIpc) is 2.84. The molecule has 0 aromatic heterocycles. The van der Waals surface area contributed by atoms with Crippen LogP contribution in [0.1, 0.15) is 48.8 Å². The molecule has 2 aromatic carbocycles. The maximum absolute atomic E-state index is 13.2. The van der Waals surface area contributed by atoms with Crippen molar-refractivity contribution in [2.24, 2.45) is 0 Å². The molecule has 1 fully saturated rings. The lowest BCUT2D eigenvalue weighted by molar-refractivity contribution is -0.133. The molecule has 0 bridgehead atoms. The average molecular weight is 432 g/mol. The van der Waals surface area contributed by atoms with Gasteiger partial charge in [-0.05, 0) is 36.1 Å². The molecule has 3 atom stereocenters. The van der Waals surface area contributed by atoms with E-state index in [-0.39, 0.29) is 31.1 Å². The predicted octanol–water partition coefficient (Wildman–Crippen LogP) is 4.24. The molecule has 1 unspecified atom stereocenters. The monoisotopic (exact) mass is 431 g/mol. The molecule has 2 aromatic rings. The zero-order valence-corrected chi connectivity index (χ0v) is 18.4. The van der Waals surface area contributed by atoms with Gasteiger partial charge in [-0.2, -0.15) is 0 Å². The molecule has 5 nitrogen and oxygen atoms in total. The fourth-order valence-corrected chi connectivity index (χ4v) is 4.20. The van der Waals surface area contributed by atoms with Gasteiger partial charge in [0.25, 0.3) is 5.91 Å². The van der Waals surface area contributed by atoms with E-state index in [1.165, 1.54) is 0 Å². The molecule has 3 rings (SSSR count). The lowest BCUT2D eigenvalue weighted by atomic mass is 9.79. The molecular formula is C27H29NO4.